The maximum atomic E-state index is 13.8. The third kappa shape index (κ3) is 5.39. The van der Waals surface area contributed by atoms with Crippen molar-refractivity contribution in [2.45, 2.75) is 86.6 Å². The van der Waals surface area contributed by atoms with Gasteiger partial charge < -0.3 is 69.3 Å². The number of aromatic amines is 1. The van der Waals surface area contributed by atoms with Crippen molar-refractivity contribution in [2.75, 3.05) is 19.8 Å². The zero-order chi connectivity index (χ0) is 33.1. The molecule has 0 saturated carbocycles. The number of fused-ring (bicyclic) bond motifs is 6. The Labute approximate surface area is 269 Å². The van der Waals surface area contributed by atoms with Crippen LogP contribution in [-0.2, 0) is 34.9 Å². The normalized spacial score (nSPS) is 41.8. The molecule has 15 heteroatoms. The number of amides is 1. The van der Waals surface area contributed by atoms with E-state index in [2.05, 4.69) is 17.6 Å². The molecule has 15 nitrogen and oxygen atoms in total. The molecule has 0 spiro atoms. The van der Waals surface area contributed by atoms with Gasteiger partial charge in [-0.05, 0) is 24.5 Å². The monoisotopic (exact) mass is 660 g/mol. The first kappa shape index (κ1) is 32.6. The van der Waals surface area contributed by atoms with E-state index in [0.717, 1.165) is 16.6 Å². The third-order valence-corrected chi connectivity index (χ3v) is 10.2. The Morgan fingerprint density at radius 1 is 0.915 bits per heavy atom. The Bertz CT molecular complexity index is 1510. The summed E-state index contributed by atoms with van der Waals surface area (Å²) >= 11 is 0. The summed E-state index contributed by atoms with van der Waals surface area (Å²) in [5.74, 6) is -1.13. The van der Waals surface area contributed by atoms with Crippen molar-refractivity contribution in [1.82, 2.24) is 9.88 Å². The average molecular weight is 661 g/mol. The van der Waals surface area contributed by atoms with Crippen molar-refractivity contribution in [3.63, 3.8) is 0 Å². The number of ether oxygens (including phenoxy) is 5. The predicted octanol–water partition coefficient (Wildman–Crippen LogP) is -1.70. The first-order valence-corrected chi connectivity index (χ1v) is 15.8. The fourth-order valence-corrected chi connectivity index (χ4v) is 7.60. The molecular weight excluding hydrogens is 620 g/mol. The minimum absolute atomic E-state index is 0.155. The highest BCUT2D eigenvalue weighted by Gasteiger charge is 2.54. The van der Waals surface area contributed by atoms with Gasteiger partial charge in [0.15, 0.2) is 12.6 Å². The van der Waals surface area contributed by atoms with Gasteiger partial charge in [0.2, 0.25) is 6.29 Å². The number of nitrogens with one attached hydrogen (secondary N) is 1. The summed E-state index contributed by atoms with van der Waals surface area (Å²) < 4.78 is 29.2. The molecule has 5 aliphatic rings. The molecule has 0 aliphatic carbocycles. The fourth-order valence-electron chi connectivity index (χ4n) is 7.60. The van der Waals surface area contributed by atoms with Crippen LogP contribution in [0.4, 0.5) is 0 Å². The lowest BCUT2D eigenvalue weighted by Gasteiger charge is -2.49. The van der Waals surface area contributed by atoms with Crippen LogP contribution in [0.1, 0.15) is 23.7 Å². The molecule has 1 aromatic heterocycles. The molecule has 0 bridgehead atoms. The number of H-pyrrole nitrogens is 1. The van der Waals surface area contributed by atoms with Crippen LogP contribution in [0.5, 0.6) is 0 Å². The van der Waals surface area contributed by atoms with Gasteiger partial charge in [-0.3, -0.25) is 4.79 Å². The van der Waals surface area contributed by atoms with E-state index in [1.54, 1.807) is 6.08 Å². The Morgan fingerprint density at radius 3 is 2.34 bits per heavy atom. The second-order valence-electron chi connectivity index (χ2n) is 12.7. The van der Waals surface area contributed by atoms with Crippen LogP contribution in [0.3, 0.4) is 0 Å². The SMILES string of the molecule is C=C[C@H]1[C@H](O[C@@H]2O[C@H](CO)[C@@H](O)[C@H](O)[C@H]2O[C@@H]2O[C@H](CO)[C@@H](O)[C@H](O)[C@H]2O)OC=C2C(=O)N3CCc4c([nH]c5ccccc45)[C@H]3C[C@H]21. The van der Waals surface area contributed by atoms with Crippen molar-refractivity contribution in [1.29, 1.82) is 0 Å². The zero-order valence-electron chi connectivity index (χ0n) is 25.3. The van der Waals surface area contributed by atoms with E-state index in [9.17, 15) is 40.5 Å². The lowest BCUT2D eigenvalue weighted by molar-refractivity contribution is -0.383. The number of aromatic nitrogens is 1. The standard InChI is InChI=1S/C32H40N2O13/c1-2-13-16-9-19-22-15(14-5-3-4-6-18(14)33-22)7-8-34(19)29(42)17(16)12-43-30(13)47-32-28(26(40)24(38)21(11-36)45-32)46-31-27(41)25(39)23(37)20(10-35)44-31/h2-6,12-13,16,19-21,23-28,30-33,35-41H,1,7-11H2/t13-,16+,19-,20-,21-,23-,24-,25+,26+,27-,28-,30+,31+,32+/m1/s1. The number of hydrogen-bond acceptors (Lipinski definition) is 13. The van der Waals surface area contributed by atoms with Gasteiger partial charge in [0.05, 0.1) is 31.1 Å². The number of nitrogens with zero attached hydrogens (tertiary/aromatic N) is 1. The first-order chi connectivity index (χ1) is 22.7. The van der Waals surface area contributed by atoms with E-state index in [1.807, 2.05) is 23.1 Å². The van der Waals surface area contributed by atoms with Crippen LogP contribution in [0.25, 0.3) is 10.9 Å². The molecule has 6 heterocycles. The van der Waals surface area contributed by atoms with Gasteiger partial charge in [0.1, 0.15) is 48.8 Å². The van der Waals surface area contributed by atoms with E-state index in [1.165, 1.54) is 11.8 Å². The molecule has 14 atom stereocenters. The number of rotatable bonds is 7. The highest BCUT2D eigenvalue weighted by Crippen LogP contribution is 2.48. The Balaban J connectivity index is 1.15. The summed E-state index contributed by atoms with van der Waals surface area (Å²) in [6.45, 7) is 3.14. The van der Waals surface area contributed by atoms with Gasteiger partial charge in [-0.1, -0.05) is 24.3 Å². The van der Waals surface area contributed by atoms with E-state index in [-0.39, 0.29) is 17.9 Å². The lowest BCUT2D eigenvalue weighted by atomic mass is 9.74. The van der Waals surface area contributed by atoms with Gasteiger partial charge in [-0.15, -0.1) is 6.58 Å². The van der Waals surface area contributed by atoms with E-state index in [0.29, 0.717) is 25.0 Å². The summed E-state index contributed by atoms with van der Waals surface area (Å²) in [4.78, 5) is 19.2. The van der Waals surface area contributed by atoms with Crippen molar-refractivity contribution in [3.8, 4) is 0 Å². The number of aliphatic hydroxyl groups excluding tert-OH is 7. The van der Waals surface area contributed by atoms with Crippen molar-refractivity contribution >= 4 is 16.8 Å². The largest absolute Gasteiger partial charge is 0.471 e. The van der Waals surface area contributed by atoms with Crippen LogP contribution < -0.4 is 0 Å². The molecule has 256 valence electrons. The quantitative estimate of drug-likeness (QED) is 0.155. The molecule has 2 aromatic rings. The molecule has 5 aliphatic heterocycles. The van der Waals surface area contributed by atoms with Gasteiger partial charge in [0.25, 0.3) is 5.91 Å². The van der Waals surface area contributed by atoms with Gasteiger partial charge in [0, 0.05) is 35.0 Å². The molecular formula is C32H40N2O13. The zero-order valence-corrected chi connectivity index (χ0v) is 25.3. The average Bonchev–Trinajstić information content (AvgIpc) is 3.47. The van der Waals surface area contributed by atoms with Crippen LogP contribution in [0, 0.1) is 11.8 Å². The summed E-state index contributed by atoms with van der Waals surface area (Å²) in [6, 6.07) is 7.80. The van der Waals surface area contributed by atoms with Crippen molar-refractivity contribution in [3.05, 3.63) is 60.0 Å². The highest BCUT2D eigenvalue weighted by atomic mass is 16.8. The number of aliphatic hydroxyl groups is 7. The second-order valence-corrected chi connectivity index (χ2v) is 12.7. The molecule has 7 rings (SSSR count). The number of piperidine rings is 1. The number of hydrogen-bond donors (Lipinski definition) is 8. The van der Waals surface area contributed by atoms with Crippen LogP contribution >= 0.6 is 0 Å². The molecule has 1 amide bonds. The van der Waals surface area contributed by atoms with E-state index >= 15 is 0 Å². The van der Waals surface area contributed by atoms with E-state index < -0.39 is 86.8 Å². The summed E-state index contributed by atoms with van der Waals surface area (Å²) in [6.07, 6.45) is -12.9. The number of benzene rings is 1. The maximum absolute atomic E-state index is 13.8. The highest BCUT2D eigenvalue weighted by molar-refractivity contribution is 5.96. The number of carbonyl (C=O) groups excluding carboxylic acids is 1. The van der Waals surface area contributed by atoms with Gasteiger partial charge in [-0.25, -0.2) is 0 Å². The molecule has 47 heavy (non-hydrogen) atoms. The van der Waals surface area contributed by atoms with Crippen molar-refractivity contribution < 1.29 is 64.2 Å². The molecule has 0 unspecified atom stereocenters. The summed E-state index contributed by atoms with van der Waals surface area (Å²) in [5.41, 5.74) is 3.64. The predicted molar refractivity (Wildman–Crippen MR) is 159 cm³/mol. The maximum Gasteiger partial charge on any atom is 0.253 e. The topological polar surface area (TPSA) is 224 Å². The van der Waals surface area contributed by atoms with E-state index in [4.69, 9.17) is 23.7 Å². The minimum atomic E-state index is -1.81. The Hall–Kier alpha value is -2.93. The molecule has 1 aromatic carbocycles. The number of para-hydroxylation sites is 1. The summed E-state index contributed by atoms with van der Waals surface area (Å²) in [5, 5.41) is 73.3. The van der Waals surface area contributed by atoms with Crippen LogP contribution in [0.15, 0.2) is 48.8 Å². The Kier molecular flexibility index (Phi) is 8.90. The molecule has 8 N–H and O–H groups in total. The van der Waals surface area contributed by atoms with Crippen molar-refractivity contribution in [2.24, 2.45) is 11.8 Å². The fraction of sp³-hybridized carbons (Fsp3) is 0.594. The third-order valence-electron chi connectivity index (χ3n) is 10.2. The smallest absolute Gasteiger partial charge is 0.253 e. The van der Waals surface area contributed by atoms with Gasteiger partial charge in [-0.2, -0.15) is 0 Å². The first-order valence-electron chi connectivity index (χ1n) is 15.8. The lowest BCUT2D eigenvalue weighted by Crippen LogP contribution is -2.65. The number of carbonyl (C=O) groups is 1. The van der Waals surface area contributed by atoms with Crippen LogP contribution in [0.2, 0.25) is 0 Å². The summed E-state index contributed by atoms with van der Waals surface area (Å²) in [7, 11) is 0. The second kappa shape index (κ2) is 12.8. The van der Waals surface area contributed by atoms with Crippen LogP contribution in [-0.4, -0.2) is 139 Å². The molecule has 0 radical (unpaired) electrons. The van der Waals surface area contributed by atoms with Gasteiger partial charge >= 0.3 is 0 Å². The molecule has 3 fully saturated rings. The molecule has 3 saturated heterocycles. The Morgan fingerprint density at radius 2 is 1.62 bits per heavy atom. The minimum Gasteiger partial charge on any atom is -0.471 e.